The molecule has 0 saturated carbocycles. The molecule has 6 heteroatoms. The van der Waals surface area contributed by atoms with Gasteiger partial charge in [0.2, 0.25) is 0 Å². The Kier molecular flexibility index (Phi) is 4.33. The van der Waals surface area contributed by atoms with Crippen molar-refractivity contribution >= 4 is 40.2 Å². The number of hydrogen-bond donors (Lipinski definition) is 0. The molecule has 0 bridgehead atoms. The number of aromatic nitrogens is 1. The summed E-state index contributed by atoms with van der Waals surface area (Å²) < 4.78 is 5.27. The minimum absolute atomic E-state index is 0.0766. The highest BCUT2D eigenvalue weighted by molar-refractivity contribution is 7.98. The maximum absolute atomic E-state index is 12.6. The minimum atomic E-state index is -0.0766. The number of carbonyl (C=O) groups is 1. The van der Waals surface area contributed by atoms with E-state index in [1.165, 1.54) is 0 Å². The number of morpholine rings is 1. The summed E-state index contributed by atoms with van der Waals surface area (Å²) in [5.41, 5.74) is 1.26. The molecule has 1 aliphatic rings. The summed E-state index contributed by atoms with van der Waals surface area (Å²) in [6.45, 7) is 2.33. The summed E-state index contributed by atoms with van der Waals surface area (Å²) in [4.78, 5) is 19.8. The number of ether oxygens (including phenoxy) is 1. The van der Waals surface area contributed by atoms with Crippen LogP contribution < -0.4 is 0 Å². The van der Waals surface area contributed by atoms with Crippen LogP contribution in [0.4, 0.5) is 0 Å². The average Bonchev–Trinajstić information content (AvgIpc) is 2.55. The fourth-order valence-corrected chi connectivity index (χ4v) is 3.07. The molecule has 1 aromatic carbocycles. The van der Waals surface area contributed by atoms with E-state index in [2.05, 4.69) is 4.98 Å². The van der Waals surface area contributed by atoms with E-state index < -0.39 is 0 Å². The molecular weight excluding hydrogens is 308 g/mol. The molecule has 110 valence electrons. The lowest BCUT2D eigenvalue weighted by atomic mass is 10.1. The molecule has 0 N–H and O–H groups in total. The normalized spacial score (nSPS) is 15.4. The van der Waals surface area contributed by atoms with E-state index in [9.17, 15) is 4.79 Å². The number of amides is 1. The third-order valence-corrected chi connectivity index (χ3v) is 4.67. The van der Waals surface area contributed by atoms with E-state index in [4.69, 9.17) is 16.3 Å². The second-order valence-electron chi connectivity index (χ2n) is 4.77. The van der Waals surface area contributed by atoms with Gasteiger partial charge in [0.1, 0.15) is 0 Å². The van der Waals surface area contributed by atoms with Crippen LogP contribution in [-0.2, 0) is 4.74 Å². The lowest BCUT2D eigenvalue weighted by Gasteiger charge is -2.27. The van der Waals surface area contributed by atoms with Gasteiger partial charge in [0.25, 0.3) is 5.91 Å². The van der Waals surface area contributed by atoms with Crippen molar-refractivity contribution in [2.75, 3.05) is 32.6 Å². The molecule has 4 nitrogen and oxygen atoms in total. The van der Waals surface area contributed by atoms with E-state index in [0.717, 1.165) is 15.8 Å². The minimum Gasteiger partial charge on any atom is -0.378 e. The summed E-state index contributed by atoms with van der Waals surface area (Å²) in [6.07, 6.45) is 3.58. The van der Waals surface area contributed by atoms with Gasteiger partial charge in [-0.15, -0.1) is 11.8 Å². The number of carbonyl (C=O) groups excluding carboxylic acids is 1. The molecule has 1 amide bonds. The molecule has 1 aliphatic heterocycles. The quantitative estimate of drug-likeness (QED) is 0.797. The van der Waals surface area contributed by atoms with Crippen LogP contribution in [0.1, 0.15) is 10.4 Å². The molecule has 0 atom stereocenters. The average molecular weight is 323 g/mol. The van der Waals surface area contributed by atoms with Gasteiger partial charge >= 0.3 is 0 Å². The van der Waals surface area contributed by atoms with Crippen LogP contribution in [-0.4, -0.2) is 48.4 Å². The van der Waals surface area contributed by atoms with Gasteiger partial charge in [0.15, 0.2) is 0 Å². The Bertz CT molecular complexity index is 687. The zero-order valence-electron chi connectivity index (χ0n) is 11.6. The van der Waals surface area contributed by atoms with Crippen molar-refractivity contribution in [2.45, 2.75) is 4.90 Å². The Labute approximate surface area is 132 Å². The molecule has 0 spiro atoms. The van der Waals surface area contributed by atoms with Gasteiger partial charge in [-0.3, -0.25) is 9.78 Å². The molecular formula is C15H15ClN2O2S. The first-order valence-corrected chi connectivity index (χ1v) is 8.30. The fourth-order valence-electron chi connectivity index (χ4n) is 2.35. The van der Waals surface area contributed by atoms with Crippen LogP contribution in [0.2, 0.25) is 5.02 Å². The molecule has 1 aromatic heterocycles. The third-order valence-electron chi connectivity index (χ3n) is 3.54. The Hall–Kier alpha value is -1.30. The smallest absolute Gasteiger partial charge is 0.257 e. The highest BCUT2D eigenvalue weighted by Gasteiger charge is 2.22. The van der Waals surface area contributed by atoms with Crippen molar-refractivity contribution in [1.29, 1.82) is 0 Å². The maximum Gasteiger partial charge on any atom is 0.257 e. The lowest BCUT2D eigenvalue weighted by Crippen LogP contribution is -2.40. The second-order valence-corrected chi connectivity index (χ2v) is 6.03. The zero-order chi connectivity index (χ0) is 14.8. The SMILES string of the molecule is CSc1ccc2ncc(C(=O)N3CCOCC3)c(Cl)c2c1. The summed E-state index contributed by atoms with van der Waals surface area (Å²) in [7, 11) is 0. The van der Waals surface area contributed by atoms with Gasteiger partial charge < -0.3 is 9.64 Å². The van der Waals surface area contributed by atoms with E-state index >= 15 is 0 Å². The van der Waals surface area contributed by atoms with Crippen molar-refractivity contribution in [3.05, 3.63) is 35.0 Å². The van der Waals surface area contributed by atoms with Crippen LogP contribution in [0.15, 0.2) is 29.3 Å². The second kappa shape index (κ2) is 6.22. The predicted molar refractivity (Wildman–Crippen MR) is 85.3 cm³/mol. The molecule has 3 rings (SSSR count). The first-order valence-electron chi connectivity index (χ1n) is 6.70. The Morgan fingerprint density at radius 3 is 2.86 bits per heavy atom. The molecule has 0 aliphatic carbocycles. The summed E-state index contributed by atoms with van der Waals surface area (Å²) in [5, 5.41) is 1.30. The van der Waals surface area contributed by atoms with Crippen molar-refractivity contribution < 1.29 is 9.53 Å². The fraction of sp³-hybridized carbons (Fsp3) is 0.333. The van der Waals surface area contributed by atoms with E-state index in [1.807, 2.05) is 24.5 Å². The summed E-state index contributed by atoms with van der Waals surface area (Å²) in [5.74, 6) is -0.0766. The maximum atomic E-state index is 12.6. The standard InChI is InChI=1S/C15H15ClN2O2S/c1-21-10-2-3-13-11(8-10)14(16)12(9-17-13)15(19)18-4-6-20-7-5-18/h2-3,8-9H,4-7H2,1H3. The van der Waals surface area contributed by atoms with Crippen molar-refractivity contribution in [2.24, 2.45) is 0 Å². The molecule has 1 fully saturated rings. The van der Waals surface area contributed by atoms with Gasteiger partial charge in [-0.1, -0.05) is 11.6 Å². The van der Waals surface area contributed by atoms with Crippen LogP contribution in [0.3, 0.4) is 0 Å². The van der Waals surface area contributed by atoms with Crippen molar-refractivity contribution in [1.82, 2.24) is 9.88 Å². The number of thioether (sulfide) groups is 1. The van der Waals surface area contributed by atoms with E-state index in [0.29, 0.717) is 36.9 Å². The largest absolute Gasteiger partial charge is 0.378 e. The molecule has 1 saturated heterocycles. The van der Waals surface area contributed by atoms with E-state index in [-0.39, 0.29) is 5.91 Å². The number of halogens is 1. The number of rotatable bonds is 2. The Balaban J connectivity index is 2.02. The Morgan fingerprint density at radius 1 is 1.38 bits per heavy atom. The van der Waals surface area contributed by atoms with Crippen molar-refractivity contribution in [3.8, 4) is 0 Å². The van der Waals surface area contributed by atoms with Gasteiger partial charge in [-0.2, -0.15) is 0 Å². The van der Waals surface area contributed by atoms with Crippen molar-refractivity contribution in [3.63, 3.8) is 0 Å². The van der Waals surface area contributed by atoms with Gasteiger partial charge in [0, 0.05) is 29.6 Å². The van der Waals surface area contributed by atoms with Crippen LogP contribution in [0, 0.1) is 0 Å². The number of benzene rings is 1. The predicted octanol–water partition coefficient (Wildman–Crippen LogP) is 3.08. The van der Waals surface area contributed by atoms with Crippen LogP contribution in [0.25, 0.3) is 10.9 Å². The summed E-state index contributed by atoms with van der Waals surface area (Å²) >= 11 is 8.09. The highest BCUT2D eigenvalue weighted by atomic mass is 35.5. The molecule has 2 heterocycles. The van der Waals surface area contributed by atoms with Crippen LogP contribution >= 0.6 is 23.4 Å². The van der Waals surface area contributed by atoms with Gasteiger partial charge in [0.05, 0.1) is 29.3 Å². The number of hydrogen-bond acceptors (Lipinski definition) is 4. The zero-order valence-corrected chi connectivity index (χ0v) is 13.2. The van der Waals surface area contributed by atoms with Crippen LogP contribution in [0.5, 0.6) is 0 Å². The van der Waals surface area contributed by atoms with Gasteiger partial charge in [-0.05, 0) is 24.5 Å². The van der Waals surface area contributed by atoms with Gasteiger partial charge in [-0.25, -0.2) is 0 Å². The molecule has 0 radical (unpaired) electrons. The molecule has 21 heavy (non-hydrogen) atoms. The molecule has 2 aromatic rings. The third kappa shape index (κ3) is 2.86. The number of fused-ring (bicyclic) bond motifs is 1. The first-order chi connectivity index (χ1) is 10.2. The first kappa shape index (κ1) is 14.6. The number of nitrogens with zero attached hydrogens (tertiary/aromatic N) is 2. The summed E-state index contributed by atoms with van der Waals surface area (Å²) in [6, 6.07) is 5.90. The monoisotopic (exact) mass is 322 g/mol. The topological polar surface area (TPSA) is 42.4 Å². The molecule has 0 unspecified atom stereocenters. The van der Waals surface area contributed by atoms with E-state index in [1.54, 1.807) is 22.9 Å². The highest BCUT2D eigenvalue weighted by Crippen LogP contribution is 2.29. The number of pyridine rings is 1. The Morgan fingerprint density at radius 2 is 2.14 bits per heavy atom. The lowest BCUT2D eigenvalue weighted by molar-refractivity contribution is 0.0303.